The molecule has 1 aromatic carbocycles. The molecule has 5 nitrogen and oxygen atoms in total. The summed E-state index contributed by atoms with van der Waals surface area (Å²) < 4.78 is 14.9. The summed E-state index contributed by atoms with van der Waals surface area (Å²) in [5, 5.41) is 10.5. The third-order valence-electron chi connectivity index (χ3n) is 4.23. The zero-order valence-corrected chi connectivity index (χ0v) is 13.3. The molecule has 1 amide bonds. The molecule has 0 saturated carbocycles. The Kier molecular flexibility index (Phi) is 4.63. The largest absolute Gasteiger partial charge is 0.350 e. The maximum Gasteiger partial charge on any atom is 0.248 e. The number of nitrogens with zero attached hydrogens (tertiary/aromatic N) is 2. The number of rotatable bonds is 4. The Labute approximate surface area is 138 Å². The Hall–Kier alpha value is -1.92. The molecule has 122 valence electrons. The van der Waals surface area contributed by atoms with Gasteiger partial charge in [-0.3, -0.25) is 9.48 Å². The molecule has 0 radical (unpaired) electrons. The van der Waals surface area contributed by atoms with Gasteiger partial charge in [0.2, 0.25) is 5.91 Å². The van der Waals surface area contributed by atoms with Gasteiger partial charge in [-0.2, -0.15) is 5.10 Å². The van der Waals surface area contributed by atoms with E-state index in [-0.39, 0.29) is 10.9 Å². The van der Waals surface area contributed by atoms with Gasteiger partial charge in [0.05, 0.1) is 5.02 Å². The normalized spacial score (nSPS) is 17.0. The van der Waals surface area contributed by atoms with Gasteiger partial charge in [-0.1, -0.05) is 17.7 Å². The van der Waals surface area contributed by atoms with E-state index in [1.165, 1.54) is 12.1 Å². The highest BCUT2D eigenvalue weighted by Crippen LogP contribution is 2.27. The van der Waals surface area contributed by atoms with E-state index in [9.17, 15) is 9.18 Å². The van der Waals surface area contributed by atoms with Crippen molar-refractivity contribution in [1.82, 2.24) is 20.4 Å². The lowest BCUT2D eigenvalue weighted by Crippen LogP contribution is -2.54. The first-order chi connectivity index (χ1) is 11.1. The lowest BCUT2D eigenvalue weighted by Gasteiger charge is -2.36. The highest BCUT2D eigenvalue weighted by Gasteiger charge is 2.41. The molecule has 1 fully saturated rings. The highest BCUT2D eigenvalue weighted by atomic mass is 35.5. The van der Waals surface area contributed by atoms with Gasteiger partial charge in [0.1, 0.15) is 11.4 Å². The average molecular weight is 337 g/mol. The van der Waals surface area contributed by atoms with Crippen LogP contribution in [0.2, 0.25) is 5.02 Å². The van der Waals surface area contributed by atoms with Crippen molar-refractivity contribution >= 4 is 17.5 Å². The predicted molar refractivity (Wildman–Crippen MR) is 85.6 cm³/mol. The first kappa shape index (κ1) is 16.0. The second kappa shape index (κ2) is 6.68. The number of halogens is 2. The summed E-state index contributed by atoms with van der Waals surface area (Å²) in [7, 11) is 0. The zero-order chi connectivity index (χ0) is 16.3. The monoisotopic (exact) mass is 336 g/mol. The molecule has 1 saturated heterocycles. The zero-order valence-electron chi connectivity index (χ0n) is 12.6. The van der Waals surface area contributed by atoms with Crippen molar-refractivity contribution in [2.24, 2.45) is 0 Å². The summed E-state index contributed by atoms with van der Waals surface area (Å²) in [5.41, 5.74) is 0.0766. The Morgan fingerprint density at radius 3 is 2.87 bits per heavy atom. The maximum atomic E-state index is 13.2. The summed E-state index contributed by atoms with van der Waals surface area (Å²) in [4.78, 5) is 12.8. The number of amides is 1. The lowest BCUT2D eigenvalue weighted by atomic mass is 9.87. The van der Waals surface area contributed by atoms with Crippen LogP contribution in [0.5, 0.6) is 0 Å². The Bertz CT molecular complexity index is 683. The summed E-state index contributed by atoms with van der Waals surface area (Å²) >= 11 is 5.78. The van der Waals surface area contributed by atoms with E-state index in [0.717, 1.165) is 18.7 Å². The predicted octanol–water partition coefficient (Wildman–Crippen LogP) is 2.07. The van der Waals surface area contributed by atoms with E-state index in [2.05, 4.69) is 15.7 Å². The minimum Gasteiger partial charge on any atom is -0.350 e. The van der Waals surface area contributed by atoms with Crippen LogP contribution in [-0.2, 0) is 16.9 Å². The number of hydrogen-bond donors (Lipinski definition) is 2. The van der Waals surface area contributed by atoms with Crippen molar-refractivity contribution in [3.05, 3.63) is 53.1 Å². The van der Waals surface area contributed by atoms with E-state index in [0.29, 0.717) is 19.4 Å². The number of nitrogens with one attached hydrogen (secondary N) is 2. The van der Waals surface area contributed by atoms with Crippen LogP contribution >= 0.6 is 11.6 Å². The molecule has 0 spiro atoms. The van der Waals surface area contributed by atoms with Crippen LogP contribution < -0.4 is 10.6 Å². The van der Waals surface area contributed by atoms with Gasteiger partial charge in [-0.15, -0.1) is 0 Å². The van der Waals surface area contributed by atoms with Crippen LogP contribution in [0.25, 0.3) is 0 Å². The maximum absolute atomic E-state index is 13.2. The van der Waals surface area contributed by atoms with E-state index in [1.54, 1.807) is 16.9 Å². The summed E-state index contributed by atoms with van der Waals surface area (Å²) in [6, 6.07) is 6.26. The van der Waals surface area contributed by atoms with Gasteiger partial charge < -0.3 is 10.6 Å². The molecule has 2 heterocycles. The van der Waals surface area contributed by atoms with Crippen molar-refractivity contribution in [3.63, 3.8) is 0 Å². The van der Waals surface area contributed by atoms with Crippen molar-refractivity contribution < 1.29 is 9.18 Å². The molecule has 3 rings (SSSR count). The molecule has 1 aliphatic heterocycles. The molecule has 1 aliphatic rings. The van der Waals surface area contributed by atoms with Gasteiger partial charge in [-0.05, 0) is 49.7 Å². The minimum atomic E-state index is -0.682. The van der Waals surface area contributed by atoms with Gasteiger partial charge in [0, 0.05) is 18.9 Å². The van der Waals surface area contributed by atoms with E-state index < -0.39 is 11.4 Å². The van der Waals surface area contributed by atoms with Gasteiger partial charge in [0.25, 0.3) is 0 Å². The lowest BCUT2D eigenvalue weighted by molar-refractivity contribution is -0.132. The third kappa shape index (κ3) is 3.23. The van der Waals surface area contributed by atoms with Gasteiger partial charge >= 0.3 is 0 Å². The number of aromatic nitrogens is 2. The molecular weight excluding hydrogens is 319 g/mol. The molecule has 0 aliphatic carbocycles. The molecule has 0 bridgehead atoms. The molecule has 1 aromatic heterocycles. The first-order valence-electron chi connectivity index (χ1n) is 7.55. The fourth-order valence-electron chi connectivity index (χ4n) is 2.92. The van der Waals surface area contributed by atoms with Crippen LogP contribution in [0.15, 0.2) is 36.7 Å². The molecular formula is C16H18ClFN4O. The first-order valence-corrected chi connectivity index (χ1v) is 7.93. The van der Waals surface area contributed by atoms with Gasteiger partial charge in [0.15, 0.2) is 0 Å². The number of carbonyl (C=O) groups is 1. The molecule has 2 aromatic rings. The second-order valence-electron chi connectivity index (χ2n) is 5.66. The van der Waals surface area contributed by atoms with Crippen molar-refractivity contribution in [2.75, 3.05) is 13.1 Å². The third-order valence-corrected chi connectivity index (χ3v) is 4.52. The molecule has 0 atom stereocenters. The summed E-state index contributed by atoms with van der Waals surface area (Å²) in [6.45, 7) is 1.82. The minimum absolute atomic E-state index is 0.0559. The van der Waals surface area contributed by atoms with Crippen molar-refractivity contribution in [1.29, 1.82) is 0 Å². The fraction of sp³-hybridized carbons (Fsp3) is 0.375. The molecule has 0 unspecified atom stereocenters. The van der Waals surface area contributed by atoms with Crippen LogP contribution in [-0.4, -0.2) is 28.8 Å². The van der Waals surface area contributed by atoms with Crippen LogP contribution in [0.3, 0.4) is 0 Å². The number of benzene rings is 1. The number of hydrogen-bond acceptors (Lipinski definition) is 3. The number of piperidine rings is 1. The Morgan fingerprint density at radius 1 is 1.43 bits per heavy atom. The van der Waals surface area contributed by atoms with Crippen molar-refractivity contribution in [2.45, 2.75) is 24.9 Å². The molecule has 23 heavy (non-hydrogen) atoms. The van der Waals surface area contributed by atoms with Crippen LogP contribution in [0.1, 0.15) is 18.4 Å². The Morgan fingerprint density at radius 2 is 2.22 bits per heavy atom. The van der Waals surface area contributed by atoms with Crippen LogP contribution in [0.4, 0.5) is 4.39 Å². The highest BCUT2D eigenvalue weighted by molar-refractivity contribution is 6.30. The van der Waals surface area contributed by atoms with E-state index >= 15 is 0 Å². The van der Waals surface area contributed by atoms with Crippen LogP contribution in [0, 0.1) is 5.82 Å². The smallest absolute Gasteiger partial charge is 0.248 e. The fourth-order valence-corrected chi connectivity index (χ4v) is 3.12. The standard InChI is InChI=1S/C16H18ClFN4O/c17-13-10-12(2-3-14(13)18)11-20-15(23)16(4-7-19-8-5-16)22-9-1-6-21-22/h1-3,6,9-10,19H,4-5,7-8,11H2,(H,20,23). The van der Waals surface area contributed by atoms with Gasteiger partial charge in [-0.25, -0.2) is 4.39 Å². The SMILES string of the molecule is O=C(NCc1ccc(F)c(Cl)c1)C1(n2cccn2)CCNCC1. The summed E-state index contributed by atoms with van der Waals surface area (Å²) in [6.07, 6.45) is 4.84. The topological polar surface area (TPSA) is 59.0 Å². The second-order valence-corrected chi connectivity index (χ2v) is 6.07. The average Bonchev–Trinajstić information content (AvgIpc) is 3.11. The quantitative estimate of drug-likeness (QED) is 0.898. The van der Waals surface area contributed by atoms with E-state index in [4.69, 9.17) is 11.6 Å². The summed E-state index contributed by atoms with van der Waals surface area (Å²) in [5.74, 6) is -0.545. The Balaban J connectivity index is 1.75. The molecule has 2 N–H and O–H groups in total. The molecule has 7 heteroatoms. The van der Waals surface area contributed by atoms with E-state index in [1.807, 2.05) is 12.3 Å². The number of carbonyl (C=O) groups excluding carboxylic acids is 1. The van der Waals surface area contributed by atoms with Crippen molar-refractivity contribution in [3.8, 4) is 0 Å².